The molecule has 0 spiro atoms. The second kappa shape index (κ2) is 7.94. The molecule has 138 valence electrons. The van der Waals surface area contributed by atoms with Crippen molar-refractivity contribution in [3.05, 3.63) is 59.9 Å². The molecular formula is C18H19FN2O4S. The van der Waals surface area contributed by atoms with E-state index in [1.165, 1.54) is 18.2 Å². The predicted molar refractivity (Wildman–Crippen MR) is 94.9 cm³/mol. The summed E-state index contributed by atoms with van der Waals surface area (Å²) in [6, 6.07) is 12.3. The number of benzene rings is 2. The number of anilines is 1. The van der Waals surface area contributed by atoms with Crippen LogP contribution in [0.5, 0.6) is 0 Å². The minimum Gasteiger partial charge on any atom is -0.370 e. The smallest absolute Gasteiger partial charge is 0.253 e. The van der Waals surface area contributed by atoms with Crippen molar-refractivity contribution in [3.63, 3.8) is 0 Å². The summed E-state index contributed by atoms with van der Waals surface area (Å²) < 4.78 is 45.8. The highest BCUT2D eigenvalue weighted by molar-refractivity contribution is 7.89. The molecule has 6 nitrogen and oxygen atoms in total. The standard InChI is InChI=1S/C18H19FN2O4S/c19-17-4-2-1-3-14(17)9-10-20-26(23,24)16-7-5-15(6-8-16)21-11-12-25-13-18(21)22/h1-8,20H,9-13H2. The fourth-order valence-electron chi connectivity index (χ4n) is 2.70. The van der Waals surface area contributed by atoms with Gasteiger partial charge in [0.1, 0.15) is 12.4 Å². The maximum absolute atomic E-state index is 13.6. The molecule has 1 aliphatic rings. The summed E-state index contributed by atoms with van der Waals surface area (Å²) >= 11 is 0. The summed E-state index contributed by atoms with van der Waals surface area (Å²) in [6.07, 6.45) is 0.256. The van der Waals surface area contributed by atoms with Gasteiger partial charge in [-0.25, -0.2) is 17.5 Å². The van der Waals surface area contributed by atoms with E-state index in [1.54, 1.807) is 35.2 Å². The molecule has 0 atom stereocenters. The summed E-state index contributed by atoms with van der Waals surface area (Å²) in [5.41, 5.74) is 1.08. The lowest BCUT2D eigenvalue weighted by Crippen LogP contribution is -2.41. The summed E-state index contributed by atoms with van der Waals surface area (Å²) in [5.74, 6) is -0.513. The fraction of sp³-hybridized carbons (Fsp3) is 0.278. The minimum atomic E-state index is -3.70. The van der Waals surface area contributed by atoms with Crippen LogP contribution in [0.1, 0.15) is 5.56 Å². The van der Waals surface area contributed by atoms with E-state index < -0.39 is 10.0 Å². The van der Waals surface area contributed by atoms with Crippen molar-refractivity contribution < 1.29 is 22.3 Å². The lowest BCUT2D eigenvalue weighted by atomic mass is 10.1. The van der Waals surface area contributed by atoms with Gasteiger partial charge in [0.2, 0.25) is 10.0 Å². The van der Waals surface area contributed by atoms with Gasteiger partial charge in [-0.1, -0.05) is 18.2 Å². The second-order valence-corrected chi connectivity index (χ2v) is 7.60. The molecule has 0 aromatic heterocycles. The van der Waals surface area contributed by atoms with Gasteiger partial charge in [-0.05, 0) is 42.3 Å². The molecule has 2 aromatic rings. The number of amides is 1. The maximum Gasteiger partial charge on any atom is 0.253 e. The van der Waals surface area contributed by atoms with Crippen LogP contribution in [0.2, 0.25) is 0 Å². The Balaban J connectivity index is 1.64. The average Bonchev–Trinajstić information content (AvgIpc) is 2.64. The Labute approximate surface area is 151 Å². The summed E-state index contributed by atoms with van der Waals surface area (Å²) in [6.45, 7) is 1.000. The Bertz CT molecular complexity index is 884. The van der Waals surface area contributed by atoms with Crippen LogP contribution in [0, 0.1) is 5.82 Å². The number of rotatable bonds is 6. The van der Waals surface area contributed by atoms with Crippen LogP contribution in [0.3, 0.4) is 0 Å². The van der Waals surface area contributed by atoms with Gasteiger partial charge in [0.25, 0.3) is 5.91 Å². The van der Waals surface area contributed by atoms with Crippen molar-refractivity contribution in [1.29, 1.82) is 0 Å². The van der Waals surface area contributed by atoms with Crippen LogP contribution >= 0.6 is 0 Å². The second-order valence-electron chi connectivity index (χ2n) is 5.83. The molecule has 26 heavy (non-hydrogen) atoms. The molecule has 0 unspecified atom stereocenters. The van der Waals surface area contributed by atoms with E-state index >= 15 is 0 Å². The monoisotopic (exact) mass is 378 g/mol. The third-order valence-corrected chi connectivity index (χ3v) is 5.57. The molecule has 0 saturated carbocycles. The van der Waals surface area contributed by atoms with Gasteiger partial charge in [0, 0.05) is 18.8 Å². The number of carbonyl (C=O) groups excluding carboxylic acids is 1. The predicted octanol–water partition coefficient (Wildman–Crippen LogP) is 1.71. The van der Waals surface area contributed by atoms with Gasteiger partial charge in [-0.15, -0.1) is 0 Å². The molecule has 0 bridgehead atoms. The zero-order valence-corrected chi connectivity index (χ0v) is 14.8. The topological polar surface area (TPSA) is 75.7 Å². The van der Waals surface area contributed by atoms with Crippen molar-refractivity contribution in [2.45, 2.75) is 11.3 Å². The number of halogens is 1. The summed E-state index contributed by atoms with van der Waals surface area (Å²) in [5, 5.41) is 0. The van der Waals surface area contributed by atoms with Crippen LogP contribution in [0.4, 0.5) is 10.1 Å². The Morgan fingerprint density at radius 1 is 1.12 bits per heavy atom. The van der Waals surface area contributed by atoms with Crippen molar-refractivity contribution in [2.75, 3.05) is 31.2 Å². The molecular weight excluding hydrogens is 359 g/mol. The molecule has 3 rings (SSSR count). The first-order valence-corrected chi connectivity index (χ1v) is 9.67. The first-order valence-electron chi connectivity index (χ1n) is 8.18. The van der Waals surface area contributed by atoms with Gasteiger partial charge in [-0.2, -0.15) is 0 Å². The molecule has 0 aliphatic carbocycles. The quantitative estimate of drug-likeness (QED) is 0.830. The largest absolute Gasteiger partial charge is 0.370 e. The van der Waals surface area contributed by atoms with Crippen LogP contribution in [0.25, 0.3) is 0 Å². The average molecular weight is 378 g/mol. The van der Waals surface area contributed by atoms with Gasteiger partial charge >= 0.3 is 0 Å². The summed E-state index contributed by atoms with van der Waals surface area (Å²) in [4.78, 5) is 13.5. The van der Waals surface area contributed by atoms with Crippen molar-refractivity contribution in [1.82, 2.24) is 4.72 Å². The van der Waals surface area contributed by atoms with Crippen molar-refractivity contribution >= 4 is 21.6 Å². The highest BCUT2D eigenvalue weighted by atomic mass is 32.2. The van der Waals surface area contributed by atoms with Crippen molar-refractivity contribution in [2.24, 2.45) is 0 Å². The zero-order valence-electron chi connectivity index (χ0n) is 14.0. The third kappa shape index (κ3) is 4.27. The summed E-state index contributed by atoms with van der Waals surface area (Å²) in [7, 11) is -3.70. The normalized spacial score (nSPS) is 15.3. The van der Waals surface area contributed by atoms with Gasteiger partial charge in [-0.3, -0.25) is 4.79 Å². The Kier molecular flexibility index (Phi) is 5.65. The highest BCUT2D eigenvalue weighted by Crippen LogP contribution is 2.19. The first-order chi connectivity index (χ1) is 12.5. The molecule has 1 amide bonds. The Morgan fingerprint density at radius 3 is 2.54 bits per heavy atom. The van der Waals surface area contributed by atoms with Gasteiger partial charge in [0.05, 0.1) is 11.5 Å². The van der Waals surface area contributed by atoms with Crippen LogP contribution in [-0.2, 0) is 26.0 Å². The van der Waals surface area contributed by atoms with Crippen LogP contribution in [0.15, 0.2) is 53.4 Å². The number of hydrogen-bond acceptors (Lipinski definition) is 4. The first kappa shape index (κ1) is 18.5. The lowest BCUT2D eigenvalue weighted by molar-refractivity contribution is -0.125. The number of carbonyl (C=O) groups is 1. The number of morpholine rings is 1. The molecule has 1 aliphatic heterocycles. The SMILES string of the molecule is O=C1COCCN1c1ccc(S(=O)(=O)NCCc2ccccc2F)cc1. The van der Waals surface area contributed by atoms with Gasteiger partial charge < -0.3 is 9.64 Å². The number of ether oxygens (including phenoxy) is 1. The molecule has 2 aromatic carbocycles. The lowest BCUT2D eigenvalue weighted by Gasteiger charge is -2.26. The van der Waals surface area contributed by atoms with Crippen molar-refractivity contribution in [3.8, 4) is 0 Å². The molecule has 1 heterocycles. The third-order valence-electron chi connectivity index (χ3n) is 4.09. The highest BCUT2D eigenvalue weighted by Gasteiger charge is 2.21. The Morgan fingerprint density at radius 2 is 1.85 bits per heavy atom. The molecule has 0 radical (unpaired) electrons. The van der Waals surface area contributed by atoms with Gasteiger partial charge in [0.15, 0.2) is 0 Å². The van der Waals surface area contributed by atoms with E-state index in [0.29, 0.717) is 24.4 Å². The molecule has 8 heteroatoms. The van der Waals surface area contributed by atoms with Crippen LogP contribution in [-0.4, -0.2) is 40.6 Å². The maximum atomic E-state index is 13.6. The van der Waals surface area contributed by atoms with E-state index in [0.717, 1.165) is 0 Å². The molecule has 1 N–H and O–H groups in total. The molecule has 1 saturated heterocycles. The number of nitrogens with one attached hydrogen (secondary N) is 1. The van der Waals surface area contributed by atoms with E-state index in [4.69, 9.17) is 4.74 Å². The van der Waals surface area contributed by atoms with E-state index in [9.17, 15) is 17.6 Å². The van der Waals surface area contributed by atoms with E-state index in [2.05, 4.69) is 4.72 Å². The van der Waals surface area contributed by atoms with Crippen LogP contribution < -0.4 is 9.62 Å². The van der Waals surface area contributed by atoms with E-state index in [1.807, 2.05) is 0 Å². The zero-order chi connectivity index (χ0) is 18.6. The number of nitrogens with zero attached hydrogens (tertiary/aromatic N) is 1. The Hall–Kier alpha value is -2.29. The minimum absolute atomic E-state index is 0.0254. The number of hydrogen-bond donors (Lipinski definition) is 1. The fourth-order valence-corrected chi connectivity index (χ4v) is 3.73. The number of sulfonamides is 1. The van der Waals surface area contributed by atoms with E-state index in [-0.39, 0.29) is 36.2 Å². The molecule has 1 fully saturated rings.